The molecule has 0 unspecified atom stereocenters. The summed E-state index contributed by atoms with van der Waals surface area (Å²) in [5.41, 5.74) is 1.19. The van der Waals surface area contributed by atoms with E-state index in [1.807, 2.05) is 26.0 Å². The summed E-state index contributed by atoms with van der Waals surface area (Å²) in [5.74, 6) is 1.04. The van der Waals surface area contributed by atoms with E-state index in [9.17, 15) is 9.59 Å². The topological polar surface area (TPSA) is 82.7 Å². The van der Waals surface area contributed by atoms with Crippen molar-refractivity contribution in [2.45, 2.75) is 63.8 Å². The van der Waals surface area contributed by atoms with Gasteiger partial charge in [0, 0.05) is 44.2 Å². The highest BCUT2D eigenvalue weighted by Gasteiger charge is 2.43. The molecule has 0 saturated carbocycles. The van der Waals surface area contributed by atoms with Gasteiger partial charge in [-0.3, -0.25) is 14.5 Å². The summed E-state index contributed by atoms with van der Waals surface area (Å²) in [4.78, 5) is 26.6. The van der Waals surface area contributed by atoms with Gasteiger partial charge in [0.05, 0.1) is 13.2 Å². The predicted molar refractivity (Wildman–Crippen MR) is 108 cm³/mol. The zero-order chi connectivity index (χ0) is 20.1. The number of rotatable bonds is 8. The van der Waals surface area contributed by atoms with E-state index in [0.717, 1.165) is 31.7 Å². The number of carbonyl (C=O) groups is 2. The van der Waals surface area contributed by atoms with Crippen molar-refractivity contribution in [2.24, 2.45) is 0 Å². The van der Waals surface area contributed by atoms with Crippen molar-refractivity contribution >= 4 is 11.8 Å². The van der Waals surface area contributed by atoms with E-state index in [1.54, 1.807) is 7.11 Å². The molecular formula is C21H32N4O3. The van der Waals surface area contributed by atoms with Crippen LogP contribution >= 0.6 is 0 Å². The molecule has 2 fully saturated rings. The number of fused-ring (bicyclic) bond motifs is 1. The summed E-state index contributed by atoms with van der Waals surface area (Å²) in [6.45, 7) is 6.15. The maximum Gasteiger partial charge on any atom is 0.237 e. The fraction of sp³-hybridized carbons (Fsp3) is 0.619. The first kappa shape index (κ1) is 20.6. The van der Waals surface area contributed by atoms with Crippen LogP contribution in [0.3, 0.4) is 0 Å². The van der Waals surface area contributed by atoms with Crippen LogP contribution in [-0.2, 0) is 16.1 Å². The standard InChI is InChI=1S/C21H32N4O3/c1-14(2)24-20(26)9-6-17-12-23-21(27)19-10-16(13-25(17)19)22-11-15-4-7-18(28-3)8-5-15/h4-5,7-8,14,16-17,19,22H,6,9-13H2,1-3H3,(H,23,27)(H,24,26)/t16-,17-,19+/m0/s1. The lowest BCUT2D eigenvalue weighted by molar-refractivity contribution is -0.129. The van der Waals surface area contributed by atoms with E-state index in [1.165, 1.54) is 5.56 Å². The molecule has 0 aromatic heterocycles. The number of hydrogen-bond acceptors (Lipinski definition) is 5. The number of ether oxygens (including phenoxy) is 1. The Morgan fingerprint density at radius 1 is 1.32 bits per heavy atom. The SMILES string of the molecule is COc1ccc(CN[C@H]2C[C@@H]3C(=O)NC[C@H](CCC(=O)NC(C)C)N3C2)cc1. The summed E-state index contributed by atoms with van der Waals surface area (Å²) in [6, 6.07) is 8.57. The molecule has 7 heteroatoms. The molecule has 0 spiro atoms. The average Bonchev–Trinajstić information content (AvgIpc) is 3.11. The average molecular weight is 389 g/mol. The van der Waals surface area contributed by atoms with E-state index in [-0.39, 0.29) is 36.0 Å². The Kier molecular flexibility index (Phi) is 6.91. The molecule has 28 heavy (non-hydrogen) atoms. The Morgan fingerprint density at radius 3 is 2.75 bits per heavy atom. The van der Waals surface area contributed by atoms with Crippen molar-refractivity contribution in [3.05, 3.63) is 29.8 Å². The number of hydrogen-bond donors (Lipinski definition) is 3. The third-order valence-corrected chi connectivity index (χ3v) is 5.53. The Labute approximate surface area is 167 Å². The van der Waals surface area contributed by atoms with Crippen molar-refractivity contribution in [1.82, 2.24) is 20.9 Å². The highest BCUT2D eigenvalue weighted by molar-refractivity contribution is 5.83. The van der Waals surface area contributed by atoms with Crippen molar-refractivity contribution < 1.29 is 14.3 Å². The lowest BCUT2D eigenvalue weighted by Crippen LogP contribution is -2.58. The summed E-state index contributed by atoms with van der Waals surface area (Å²) in [7, 11) is 1.66. The number of nitrogens with zero attached hydrogens (tertiary/aromatic N) is 1. The minimum absolute atomic E-state index is 0.0804. The van der Waals surface area contributed by atoms with Gasteiger partial charge in [-0.1, -0.05) is 12.1 Å². The quantitative estimate of drug-likeness (QED) is 0.620. The Bertz CT molecular complexity index is 677. The minimum atomic E-state index is -0.0970. The smallest absolute Gasteiger partial charge is 0.237 e. The molecule has 3 rings (SSSR count). The Morgan fingerprint density at radius 2 is 2.07 bits per heavy atom. The summed E-state index contributed by atoms with van der Waals surface area (Å²) >= 11 is 0. The molecule has 3 atom stereocenters. The molecule has 154 valence electrons. The normalized spacial score (nSPS) is 24.7. The Hall–Kier alpha value is -2.12. The lowest BCUT2D eigenvalue weighted by atomic mass is 10.0. The maximum atomic E-state index is 12.3. The van der Waals surface area contributed by atoms with Gasteiger partial charge < -0.3 is 20.7 Å². The fourth-order valence-corrected chi connectivity index (χ4v) is 4.09. The van der Waals surface area contributed by atoms with Gasteiger partial charge in [0.25, 0.3) is 0 Å². The van der Waals surface area contributed by atoms with Crippen molar-refractivity contribution in [3.63, 3.8) is 0 Å². The molecule has 1 aromatic rings. The van der Waals surface area contributed by atoms with E-state index in [4.69, 9.17) is 4.74 Å². The highest BCUT2D eigenvalue weighted by atomic mass is 16.5. The first-order chi connectivity index (χ1) is 13.5. The first-order valence-electron chi connectivity index (χ1n) is 10.2. The largest absolute Gasteiger partial charge is 0.497 e. The maximum absolute atomic E-state index is 12.3. The second kappa shape index (κ2) is 9.39. The molecule has 2 heterocycles. The number of amides is 2. The molecule has 2 aliphatic heterocycles. The van der Waals surface area contributed by atoms with E-state index < -0.39 is 0 Å². The van der Waals surface area contributed by atoms with Crippen molar-refractivity contribution in [1.29, 1.82) is 0 Å². The van der Waals surface area contributed by atoms with Gasteiger partial charge in [-0.2, -0.15) is 0 Å². The molecular weight excluding hydrogens is 356 g/mol. The van der Waals surface area contributed by atoms with Crippen LogP contribution in [-0.4, -0.2) is 61.1 Å². The lowest BCUT2D eigenvalue weighted by Gasteiger charge is -2.37. The number of carbonyl (C=O) groups excluding carboxylic acids is 2. The summed E-state index contributed by atoms with van der Waals surface area (Å²) < 4.78 is 5.20. The zero-order valence-corrected chi connectivity index (χ0v) is 17.0. The van der Waals surface area contributed by atoms with Crippen LogP contribution in [0.4, 0.5) is 0 Å². The van der Waals surface area contributed by atoms with E-state index in [2.05, 4.69) is 33.0 Å². The summed E-state index contributed by atoms with van der Waals surface area (Å²) in [6.07, 6.45) is 2.06. The second-order valence-electron chi connectivity index (χ2n) is 8.03. The van der Waals surface area contributed by atoms with Gasteiger partial charge in [-0.15, -0.1) is 0 Å². The van der Waals surface area contributed by atoms with Gasteiger partial charge >= 0.3 is 0 Å². The second-order valence-corrected chi connectivity index (χ2v) is 8.03. The molecule has 0 aliphatic carbocycles. The molecule has 2 saturated heterocycles. The van der Waals surface area contributed by atoms with Crippen LogP contribution in [0.15, 0.2) is 24.3 Å². The number of benzene rings is 1. The molecule has 0 bridgehead atoms. The first-order valence-corrected chi connectivity index (χ1v) is 10.2. The van der Waals surface area contributed by atoms with Crippen LogP contribution in [0.25, 0.3) is 0 Å². The summed E-state index contributed by atoms with van der Waals surface area (Å²) in [5, 5.41) is 9.54. The van der Waals surface area contributed by atoms with Crippen LogP contribution in [0.2, 0.25) is 0 Å². The van der Waals surface area contributed by atoms with Gasteiger partial charge in [-0.05, 0) is 44.4 Å². The van der Waals surface area contributed by atoms with E-state index >= 15 is 0 Å². The highest BCUT2D eigenvalue weighted by Crippen LogP contribution is 2.26. The van der Waals surface area contributed by atoms with Gasteiger partial charge in [0.2, 0.25) is 11.8 Å². The Balaban J connectivity index is 1.52. The number of methoxy groups -OCH3 is 1. The van der Waals surface area contributed by atoms with Gasteiger partial charge in [0.1, 0.15) is 5.75 Å². The third-order valence-electron chi connectivity index (χ3n) is 5.53. The van der Waals surface area contributed by atoms with Gasteiger partial charge in [0.15, 0.2) is 0 Å². The minimum Gasteiger partial charge on any atom is -0.497 e. The number of piperazine rings is 1. The van der Waals surface area contributed by atoms with Crippen LogP contribution in [0.5, 0.6) is 5.75 Å². The van der Waals surface area contributed by atoms with Crippen LogP contribution in [0, 0.1) is 0 Å². The van der Waals surface area contributed by atoms with Crippen LogP contribution in [0.1, 0.15) is 38.7 Å². The van der Waals surface area contributed by atoms with Crippen molar-refractivity contribution in [2.75, 3.05) is 20.2 Å². The molecule has 2 aliphatic rings. The molecule has 1 aromatic carbocycles. The monoisotopic (exact) mass is 388 g/mol. The molecule has 2 amide bonds. The molecule has 0 radical (unpaired) electrons. The van der Waals surface area contributed by atoms with Crippen LogP contribution < -0.4 is 20.7 Å². The number of nitrogens with one attached hydrogen (secondary N) is 3. The fourth-order valence-electron chi connectivity index (χ4n) is 4.09. The van der Waals surface area contributed by atoms with Crippen molar-refractivity contribution in [3.8, 4) is 5.75 Å². The molecule has 3 N–H and O–H groups in total. The predicted octanol–water partition coefficient (Wildman–Crippen LogP) is 1.03. The molecule has 7 nitrogen and oxygen atoms in total. The van der Waals surface area contributed by atoms with E-state index in [0.29, 0.717) is 13.0 Å². The zero-order valence-electron chi connectivity index (χ0n) is 17.0. The van der Waals surface area contributed by atoms with Gasteiger partial charge in [-0.25, -0.2) is 0 Å². The third kappa shape index (κ3) is 5.23.